The smallest absolute Gasteiger partial charge is 0.416 e. The lowest BCUT2D eigenvalue weighted by atomic mass is 10.1. The molecule has 1 aliphatic rings. The van der Waals surface area contributed by atoms with Crippen molar-refractivity contribution < 1.29 is 27.5 Å². The summed E-state index contributed by atoms with van der Waals surface area (Å²) in [6.07, 6.45) is -4.04. The zero-order chi connectivity index (χ0) is 22.2. The number of amides is 1. The number of furan rings is 1. The van der Waals surface area contributed by atoms with E-state index in [0.29, 0.717) is 24.0 Å². The highest BCUT2D eigenvalue weighted by Gasteiger charge is 2.31. The number of likely N-dealkylation sites (tertiary alicyclic amines) is 1. The van der Waals surface area contributed by atoms with Crippen molar-refractivity contribution in [1.82, 2.24) is 9.88 Å². The number of carbonyl (C=O) groups is 1. The predicted octanol–water partition coefficient (Wildman–Crippen LogP) is 4.55. The Labute approximate surface area is 180 Å². The van der Waals surface area contributed by atoms with Gasteiger partial charge in [-0.25, -0.2) is 4.98 Å². The number of β-amino-alcohol motifs (C(OH)–C–C–N with tert-alkyl or cyclic N) is 1. The number of carbonyl (C=O) groups excluding carboxylic acids is 1. The normalized spacial score (nSPS) is 17.3. The van der Waals surface area contributed by atoms with Gasteiger partial charge in [0.05, 0.1) is 22.9 Å². The number of rotatable bonds is 5. The number of alkyl halides is 3. The summed E-state index contributed by atoms with van der Waals surface area (Å²) in [6.45, 7) is 3.57. The number of aryl methyl sites for hydroxylation is 1. The number of hydrogen-bond acceptors (Lipinski definition) is 6. The van der Waals surface area contributed by atoms with Gasteiger partial charge in [-0.2, -0.15) is 13.2 Å². The molecule has 0 aliphatic carbocycles. The largest absolute Gasteiger partial charge is 0.461 e. The van der Waals surface area contributed by atoms with Crippen molar-refractivity contribution >= 4 is 22.4 Å². The molecule has 0 saturated carbocycles. The number of aliphatic hydroxyl groups excluding tert-OH is 1. The lowest BCUT2D eigenvalue weighted by molar-refractivity contribution is -0.137. The monoisotopic (exact) mass is 451 g/mol. The third-order valence-corrected chi connectivity index (χ3v) is 5.85. The van der Waals surface area contributed by atoms with E-state index in [-0.39, 0.29) is 23.0 Å². The molecule has 1 amide bonds. The van der Waals surface area contributed by atoms with Crippen LogP contribution in [0.1, 0.15) is 33.8 Å². The maximum Gasteiger partial charge on any atom is 0.416 e. The number of aromatic nitrogens is 1. The highest BCUT2D eigenvalue weighted by Crippen LogP contribution is 2.33. The van der Waals surface area contributed by atoms with Crippen LogP contribution < -0.4 is 5.32 Å². The summed E-state index contributed by atoms with van der Waals surface area (Å²) in [4.78, 5) is 19.2. The van der Waals surface area contributed by atoms with Crippen molar-refractivity contribution in [3.8, 4) is 11.3 Å². The van der Waals surface area contributed by atoms with E-state index in [1.54, 1.807) is 6.92 Å². The lowest BCUT2D eigenvalue weighted by Gasteiger charge is -2.12. The molecule has 164 valence electrons. The molecule has 10 heteroatoms. The van der Waals surface area contributed by atoms with Gasteiger partial charge >= 0.3 is 6.18 Å². The molecule has 1 saturated heterocycles. The van der Waals surface area contributed by atoms with E-state index in [9.17, 15) is 23.1 Å². The van der Waals surface area contributed by atoms with Crippen molar-refractivity contribution in [3.63, 3.8) is 0 Å². The zero-order valence-corrected chi connectivity index (χ0v) is 17.4. The Morgan fingerprint density at radius 3 is 2.90 bits per heavy atom. The minimum Gasteiger partial charge on any atom is -0.461 e. The van der Waals surface area contributed by atoms with Crippen LogP contribution in [0.4, 0.5) is 18.3 Å². The molecule has 0 spiro atoms. The zero-order valence-electron chi connectivity index (χ0n) is 16.6. The Morgan fingerprint density at radius 2 is 2.19 bits per heavy atom. The fourth-order valence-corrected chi connectivity index (χ4v) is 4.18. The van der Waals surface area contributed by atoms with Gasteiger partial charge in [0, 0.05) is 30.6 Å². The second kappa shape index (κ2) is 8.45. The van der Waals surface area contributed by atoms with Crippen LogP contribution >= 0.6 is 11.3 Å². The van der Waals surface area contributed by atoms with Crippen molar-refractivity contribution in [2.75, 3.05) is 18.4 Å². The summed E-state index contributed by atoms with van der Waals surface area (Å²) < 4.78 is 44.5. The van der Waals surface area contributed by atoms with Gasteiger partial charge in [0.1, 0.15) is 11.5 Å². The molecule has 3 heterocycles. The van der Waals surface area contributed by atoms with Crippen LogP contribution in [0.5, 0.6) is 0 Å². The molecule has 0 bridgehead atoms. The third-order valence-electron chi connectivity index (χ3n) is 5.04. The molecule has 31 heavy (non-hydrogen) atoms. The van der Waals surface area contributed by atoms with Gasteiger partial charge in [-0.1, -0.05) is 12.1 Å². The number of thiazole rings is 1. The standard InChI is InChI=1S/C21H20F3N3O3S/c1-12-17(8-18(30-12)13-3-2-4-14(7-13)21(22,23)24)19(29)26-20-25-15(11-31-20)9-27-6-5-16(28)10-27/h2-4,7-8,11,16,28H,5-6,9-10H2,1H3,(H,25,26,29). The van der Waals surface area contributed by atoms with Crippen LogP contribution in [0.3, 0.4) is 0 Å². The van der Waals surface area contributed by atoms with Gasteiger partial charge in [-0.05, 0) is 31.5 Å². The fraction of sp³-hybridized carbons (Fsp3) is 0.333. The van der Waals surface area contributed by atoms with Gasteiger partial charge in [-0.3, -0.25) is 15.0 Å². The fourth-order valence-electron chi connectivity index (χ4n) is 3.48. The second-order valence-electron chi connectivity index (χ2n) is 7.43. The van der Waals surface area contributed by atoms with Crippen LogP contribution in [-0.4, -0.2) is 40.1 Å². The van der Waals surface area contributed by atoms with E-state index in [0.717, 1.165) is 30.8 Å². The quantitative estimate of drug-likeness (QED) is 0.595. The first-order chi connectivity index (χ1) is 14.7. The summed E-state index contributed by atoms with van der Waals surface area (Å²) in [6, 6.07) is 6.20. The summed E-state index contributed by atoms with van der Waals surface area (Å²) in [7, 11) is 0. The molecule has 2 aromatic heterocycles. The van der Waals surface area contributed by atoms with E-state index in [2.05, 4.69) is 15.2 Å². The first kappa shape index (κ1) is 21.5. The van der Waals surface area contributed by atoms with Crippen LogP contribution in [0.2, 0.25) is 0 Å². The Balaban J connectivity index is 1.46. The summed E-state index contributed by atoms with van der Waals surface area (Å²) >= 11 is 1.28. The Morgan fingerprint density at radius 1 is 1.39 bits per heavy atom. The van der Waals surface area contributed by atoms with Crippen molar-refractivity contribution in [1.29, 1.82) is 0 Å². The molecule has 3 aromatic rings. The minimum absolute atomic E-state index is 0.182. The van der Waals surface area contributed by atoms with Gasteiger partial charge < -0.3 is 9.52 Å². The minimum atomic E-state index is -4.46. The van der Waals surface area contributed by atoms with Crippen molar-refractivity contribution in [2.24, 2.45) is 0 Å². The molecule has 1 unspecified atom stereocenters. The topological polar surface area (TPSA) is 78.6 Å². The molecular formula is C21H20F3N3O3S. The van der Waals surface area contributed by atoms with E-state index >= 15 is 0 Å². The number of nitrogens with zero attached hydrogens (tertiary/aromatic N) is 2. The highest BCUT2D eigenvalue weighted by atomic mass is 32.1. The molecule has 6 nitrogen and oxygen atoms in total. The van der Waals surface area contributed by atoms with Crippen LogP contribution in [0.15, 0.2) is 40.1 Å². The first-order valence-corrected chi connectivity index (χ1v) is 10.5. The molecule has 1 fully saturated rings. The molecule has 2 N–H and O–H groups in total. The summed E-state index contributed by atoms with van der Waals surface area (Å²) in [5.41, 5.74) is 0.474. The van der Waals surface area contributed by atoms with Crippen molar-refractivity contribution in [3.05, 3.63) is 58.3 Å². The molecule has 1 aliphatic heterocycles. The van der Waals surface area contributed by atoms with E-state index in [1.165, 1.54) is 29.5 Å². The molecular weight excluding hydrogens is 431 g/mol. The number of benzene rings is 1. The molecule has 0 radical (unpaired) electrons. The van der Waals surface area contributed by atoms with Gasteiger partial charge in [0.15, 0.2) is 5.13 Å². The molecule has 4 rings (SSSR count). The maximum absolute atomic E-state index is 13.0. The first-order valence-electron chi connectivity index (χ1n) is 9.63. The van der Waals surface area contributed by atoms with Crippen molar-refractivity contribution in [2.45, 2.75) is 32.2 Å². The Kier molecular flexibility index (Phi) is 5.87. The van der Waals surface area contributed by atoms with Gasteiger partial charge in [-0.15, -0.1) is 11.3 Å². The molecule has 1 atom stereocenters. The maximum atomic E-state index is 13.0. The Bertz CT molecular complexity index is 1090. The number of halogens is 3. The van der Waals surface area contributed by atoms with E-state index in [4.69, 9.17) is 4.42 Å². The average Bonchev–Trinajstić information content (AvgIpc) is 3.42. The van der Waals surface area contributed by atoms with E-state index in [1.807, 2.05) is 5.38 Å². The molecule has 1 aromatic carbocycles. The van der Waals surface area contributed by atoms with Crippen LogP contribution in [0, 0.1) is 6.92 Å². The number of nitrogens with one attached hydrogen (secondary N) is 1. The Hall–Kier alpha value is -2.69. The van der Waals surface area contributed by atoms with Gasteiger partial charge in [0.2, 0.25) is 0 Å². The summed E-state index contributed by atoms with van der Waals surface area (Å²) in [5, 5.41) is 14.6. The highest BCUT2D eigenvalue weighted by molar-refractivity contribution is 7.14. The van der Waals surface area contributed by atoms with Gasteiger partial charge in [0.25, 0.3) is 5.91 Å². The lowest BCUT2D eigenvalue weighted by Crippen LogP contribution is -2.21. The van der Waals surface area contributed by atoms with Crippen LogP contribution in [0.25, 0.3) is 11.3 Å². The second-order valence-corrected chi connectivity index (χ2v) is 8.29. The summed E-state index contributed by atoms with van der Waals surface area (Å²) in [5.74, 6) is 0.0332. The van der Waals surface area contributed by atoms with Crippen LogP contribution in [-0.2, 0) is 12.7 Å². The number of anilines is 1. The SMILES string of the molecule is Cc1oc(-c2cccc(C(F)(F)F)c2)cc1C(=O)Nc1nc(CN2CCC(O)C2)cs1. The third kappa shape index (κ3) is 4.97. The number of hydrogen-bond donors (Lipinski definition) is 2. The predicted molar refractivity (Wildman–Crippen MR) is 110 cm³/mol. The van der Waals surface area contributed by atoms with E-state index < -0.39 is 17.6 Å². The average molecular weight is 451 g/mol. The number of aliphatic hydroxyl groups is 1.